The molecule has 0 amide bonds. The third kappa shape index (κ3) is 4.05. The number of fused-ring (bicyclic) bond motifs is 1. The molecule has 0 N–H and O–H groups in total. The van der Waals surface area contributed by atoms with E-state index >= 15 is 0 Å². The number of rotatable bonds is 7. The fourth-order valence-corrected chi connectivity index (χ4v) is 3.44. The SMILES string of the molecule is CCOC(=O)c1nc2n(c(=O)c1OCc1ccccc1)CCN2Cc1ccccc1. The van der Waals surface area contributed by atoms with Gasteiger partial charge in [0.15, 0.2) is 5.69 Å². The Labute approximate surface area is 174 Å². The van der Waals surface area contributed by atoms with Gasteiger partial charge in [-0.1, -0.05) is 60.7 Å². The average Bonchev–Trinajstić information content (AvgIpc) is 3.17. The molecule has 30 heavy (non-hydrogen) atoms. The number of benzene rings is 2. The highest BCUT2D eigenvalue weighted by Gasteiger charge is 2.30. The monoisotopic (exact) mass is 405 g/mol. The van der Waals surface area contributed by atoms with Gasteiger partial charge in [-0.15, -0.1) is 0 Å². The molecule has 0 bridgehead atoms. The van der Waals surface area contributed by atoms with Crippen molar-refractivity contribution in [3.63, 3.8) is 0 Å². The van der Waals surface area contributed by atoms with Crippen LogP contribution in [0.1, 0.15) is 28.5 Å². The van der Waals surface area contributed by atoms with Crippen LogP contribution in [0.4, 0.5) is 5.95 Å². The van der Waals surface area contributed by atoms with Crippen molar-refractivity contribution in [2.75, 3.05) is 18.1 Å². The molecule has 4 rings (SSSR count). The summed E-state index contributed by atoms with van der Waals surface area (Å²) in [6.07, 6.45) is 0. The maximum atomic E-state index is 13.2. The van der Waals surface area contributed by atoms with Gasteiger partial charge in [-0.05, 0) is 18.1 Å². The number of hydrogen-bond acceptors (Lipinski definition) is 6. The summed E-state index contributed by atoms with van der Waals surface area (Å²) in [6, 6.07) is 19.4. The zero-order valence-electron chi connectivity index (χ0n) is 16.8. The normalized spacial score (nSPS) is 12.5. The lowest BCUT2D eigenvalue weighted by atomic mass is 10.2. The van der Waals surface area contributed by atoms with Crippen LogP contribution in [0.5, 0.6) is 5.75 Å². The van der Waals surface area contributed by atoms with Crippen LogP contribution in [0.15, 0.2) is 65.5 Å². The molecule has 1 aliphatic rings. The quantitative estimate of drug-likeness (QED) is 0.563. The van der Waals surface area contributed by atoms with Crippen molar-refractivity contribution < 1.29 is 14.3 Å². The molecule has 1 aliphatic heterocycles. The largest absolute Gasteiger partial charge is 0.481 e. The van der Waals surface area contributed by atoms with E-state index in [1.165, 1.54) is 0 Å². The third-order valence-electron chi connectivity index (χ3n) is 4.90. The number of esters is 1. The molecule has 7 nitrogen and oxygen atoms in total. The summed E-state index contributed by atoms with van der Waals surface area (Å²) < 4.78 is 12.5. The first-order valence-electron chi connectivity index (χ1n) is 9.95. The Hall–Kier alpha value is -3.61. The van der Waals surface area contributed by atoms with E-state index in [-0.39, 0.29) is 30.2 Å². The maximum Gasteiger partial charge on any atom is 0.361 e. The Morgan fingerprint density at radius 2 is 1.67 bits per heavy atom. The molecule has 0 saturated carbocycles. The molecule has 0 spiro atoms. The Kier molecular flexibility index (Phi) is 5.79. The second-order valence-electron chi connectivity index (χ2n) is 6.95. The molecule has 1 aromatic heterocycles. The first kappa shape index (κ1) is 19.7. The second kappa shape index (κ2) is 8.82. The highest BCUT2D eigenvalue weighted by molar-refractivity contribution is 5.90. The predicted molar refractivity (Wildman–Crippen MR) is 113 cm³/mol. The summed E-state index contributed by atoms with van der Waals surface area (Å²) >= 11 is 0. The van der Waals surface area contributed by atoms with Crippen LogP contribution in [0.2, 0.25) is 0 Å². The van der Waals surface area contributed by atoms with Crippen LogP contribution in [-0.4, -0.2) is 28.7 Å². The van der Waals surface area contributed by atoms with E-state index in [2.05, 4.69) is 4.98 Å². The third-order valence-corrected chi connectivity index (χ3v) is 4.90. The zero-order valence-corrected chi connectivity index (χ0v) is 16.8. The minimum atomic E-state index is -0.660. The first-order valence-corrected chi connectivity index (χ1v) is 9.95. The predicted octanol–water partition coefficient (Wildman–Crippen LogP) is 3.02. The lowest BCUT2D eigenvalue weighted by molar-refractivity contribution is 0.0513. The second-order valence-corrected chi connectivity index (χ2v) is 6.95. The minimum absolute atomic E-state index is 0.0670. The Morgan fingerprint density at radius 3 is 2.33 bits per heavy atom. The van der Waals surface area contributed by atoms with Crippen LogP contribution in [-0.2, 0) is 24.4 Å². The maximum absolute atomic E-state index is 13.2. The topological polar surface area (TPSA) is 73.7 Å². The van der Waals surface area contributed by atoms with E-state index in [1.54, 1.807) is 11.5 Å². The highest BCUT2D eigenvalue weighted by Crippen LogP contribution is 2.24. The van der Waals surface area contributed by atoms with E-state index in [0.717, 1.165) is 11.1 Å². The van der Waals surface area contributed by atoms with Crippen LogP contribution in [0, 0.1) is 0 Å². The number of carbonyl (C=O) groups excluding carboxylic acids is 1. The van der Waals surface area contributed by atoms with Crippen molar-refractivity contribution in [2.45, 2.75) is 26.6 Å². The standard InChI is InChI=1S/C23H23N3O4/c1-2-29-22(28)19-20(30-16-18-11-7-4-8-12-18)21(27)26-14-13-25(23(26)24-19)15-17-9-5-3-6-10-17/h3-12H,2,13-16H2,1H3. The fourth-order valence-electron chi connectivity index (χ4n) is 3.44. The molecule has 0 unspecified atom stereocenters. The summed E-state index contributed by atoms with van der Waals surface area (Å²) in [4.78, 5) is 32.2. The van der Waals surface area contributed by atoms with E-state index < -0.39 is 5.97 Å². The fraction of sp³-hybridized carbons (Fsp3) is 0.261. The summed E-state index contributed by atoms with van der Waals surface area (Å²) in [5, 5.41) is 0. The van der Waals surface area contributed by atoms with Crippen LogP contribution < -0.4 is 15.2 Å². The molecule has 3 aromatic rings. The molecule has 0 saturated heterocycles. The summed E-state index contributed by atoms with van der Waals surface area (Å²) in [6.45, 7) is 3.77. The van der Waals surface area contributed by atoms with Gasteiger partial charge in [0.2, 0.25) is 11.7 Å². The van der Waals surface area contributed by atoms with E-state index in [9.17, 15) is 9.59 Å². The molecular formula is C23H23N3O4. The van der Waals surface area contributed by atoms with Crippen molar-refractivity contribution in [1.29, 1.82) is 0 Å². The summed E-state index contributed by atoms with van der Waals surface area (Å²) in [5.41, 5.74) is 1.55. The van der Waals surface area contributed by atoms with Gasteiger partial charge in [0.25, 0.3) is 5.56 Å². The Bertz CT molecular complexity index is 1080. The number of ether oxygens (including phenoxy) is 2. The van der Waals surface area contributed by atoms with Gasteiger partial charge in [-0.25, -0.2) is 9.78 Å². The summed E-state index contributed by atoms with van der Waals surface area (Å²) in [7, 11) is 0. The first-order chi connectivity index (χ1) is 14.7. The molecular weight excluding hydrogens is 382 g/mol. The number of aromatic nitrogens is 2. The van der Waals surface area contributed by atoms with Crippen molar-refractivity contribution >= 4 is 11.9 Å². The lowest BCUT2D eigenvalue weighted by Crippen LogP contribution is -2.27. The van der Waals surface area contributed by atoms with Crippen molar-refractivity contribution in [3.8, 4) is 5.75 Å². The molecule has 154 valence electrons. The van der Waals surface area contributed by atoms with Gasteiger partial charge in [0.1, 0.15) is 6.61 Å². The van der Waals surface area contributed by atoms with Crippen LogP contribution in [0.25, 0.3) is 0 Å². The Morgan fingerprint density at radius 1 is 1.00 bits per heavy atom. The van der Waals surface area contributed by atoms with Crippen molar-refractivity contribution in [2.24, 2.45) is 0 Å². The van der Waals surface area contributed by atoms with Crippen LogP contribution in [0.3, 0.4) is 0 Å². The van der Waals surface area contributed by atoms with E-state index in [1.807, 2.05) is 65.6 Å². The van der Waals surface area contributed by atoms with Gasteiger partial charge in [-0.2, -0.15) is 0 Å². The smallest absolute Gasteiger partial charge is 0.361 e. The number of hydrogen-bond donors (Lipinski definition) is 0. The van der Waals surface area contributed by atoms with Gasteiger partial charge >= 0.3 is 5.97 Å². The van der Waals surface area contributed by atoms with Crippen molar-refractivity contribution in [1.82, 2.24) is 9.55 Å². The average molecular weight is 405 g/mol. The molecule has 0 atom stereocenters. The van der Waals surface area contributed by atoms with Gasteiger partial charge in [-0.3, -0.25) is 9.36 Å². The molecule has 2 aromatic carbocycles. The van der Waals surface area contributed by atoms with E-state index in [0.29, 0.717) is 25.6 Å². The van der Waals surface area contributed by atoms with Gasteiger partial charge in [0.05, 0.1) is 6.61 Å². The zero-order chi connectivity index (χ0) is 20.9. The minimum Gasteiger partial charge on any atom is -0.481 e. The van der Waals surface area contributed by atoms with Gasteiger partial charge < -0.3 is 14.4 Å². The number of nitrogens with zero attached hydrogens (tertiary/aromatic N) is 3. The highest BCUT2D eigenvalue weighted by atomic mass is 16.5. The molecule has 0 aliphatic carbocycles. The van der Waals surface area contributed by atoms with Gasteiger partial charge in [0, 0.05) is 19.6 Å². The number of carbonyl (C=O) groups is 1. The Balaban J connectivity index is 1.68. The van der Waals surface area contributed by atoms with Crippen molar-refractivity contribution in [3.05, 3.63) is 87.8 Å². The van der Waals surface area contributed by atoms with E-state index in [4.69, 9.17) is 9.47 Å². The lowest BCUT2D eigenvalue weighted by Gasteiger charge is -2.19. The summed E-state index contributed by atoms with van der Waals surface area (Å²) in [5.74, 6) is -0.269. The number of anilines is 1. The molecule has 2 heterocycles. The molecule has 0 radical (unpaired) electrons. The van der Waals surface area contributed by atoms with Crippen LogP contribution >= 0.6 is 0 Å². The molecule has 0 fully saturated rings. The molecule has 7 heteroatoms.